The molecule has 23 heavy (non-hydrogen) atoms. The minimum absolute atomic E-state index is 0.214. The molecular weight excluding hydrogens is 429 g/mol. The van der Waals surface area contributed by atoms with Crippen molar-refractivity contribution in [1.29, 1.82) is 0 Å². The van der Waals surface area contributed by atoms with E-state index in [1.807, 2.05) is 52.9 Å². The summed E-state index contributed by atoms with van der Waals surface area (Å²) in [6.45, 7) is 0.988. The van der Waals surface area contributed by atoms with Gasteiger partial charge in [0.15, 0.2) is 0 Å². The number of nitrogens with one attached hydrogen (secondary N) is 1. The van der Waals surface area contributed by atoms with Gasteiger partial charge < -0.3 is 9.47 Å². The Kier molecular flexibility index (Phi) is 6.82. The van der Waals surface area contributed by atoms with Gasteiger partial charge in [-0.05, 0) is 46.4 Å². The van der Waals surface area contributed by atoms with E-state index in [0.717, 1.165) is 9.13 Å². The lowest BCUT2D eigenvalue weighted by Gasteiger charge is -2.09. The van der Waals surface area contributed by atoms with E-state index in [0.29, 0.717) is 19.0 Å². The molecule has 0 aliphatic rings. The highest BCUT2D eigenvalue weighted by Gasteiger charge is 2.15. The highest BCUT2D eigenvalue weighted by molar-refractivity contribution is 14.1. The molecular formula is C16H18INO4S. The molecule has 0 atom stereocenters. The maximum absolute atomic E-state index is 12.2. The zero-order valence-electron chi connectivity index (χ0n) is 12.7. The lowest BCUT2D eigenvalue weighted by Crippen LogP contribution is -2.27. The molecule has 2 aromatic rings. The van der Waals surface area contributed by atoms with Crippen molar-refractivity contribution in [3.63, 3.8) is 0 Å². The summed E-state index contributed by atoms with van der Waals surface area (Å²) in [6.07, 6.45) is 0. The molecule has 1 N–H and O–H groups in total. The maximum atomic E-state index is 12.2. The number of hydrogen-bond acceptors (Lipinski definition) is 4. The van der Waals surface area contributed by atoms with Gasteiger partial charge in [-0.1, -0.05) is 30.3 Å². The third-order valence-electron chi connectivity index (χ3n) is 3.08. The first-order valence-corrected chi connectivity index (χ1v) is 9.54. The fourth-order valence-corrected chi connectivity index (χ4v) is 3.90. The van der Waals surface area contributed by atoms with Crippen LogP contribution in [-0.4, -0.2) is 28.7 Å². The van der Waals surface area contributed by atoms with Crippen molar-refractivity contribution in [2.24, 2.45) is 0 Å². The van der Waals surface area contributed by atoms with Crippen LogP contribution in [0.4, 0.5) is 0 Å². The predicted molar refractivity (Wildman–Crippen MR) is 97.0 cm³/mol. The predicted octanol–water partition coefficient (Wildman–Crippen LogP) is 2.79. The number of hydrogen-bond donors (Lipinski definition) is 1. The van der Waals surface area contributed by atoms with E-state index < -0.39 is 10.0 Å². The van der Waals surface area contributed by atoms with E-state index in [1.54, 1.807) is 19.2 Å². The summed E-state index contributed by atoms with van der Waals surface area (Å²) >= 11 is 2.04. The van der Waals surface area contributed by atoms with E-state index in [-0.39, 0.29) is 11.4 Å². The summed E-state index contributed by atoms with van der Waals surface area (Å²) in [4.78, 5) is 0.214. The average molecular weight is 447 g/mol. The van der Waals surface area contributed by atoms with E-state index >= 15 is 0 Å². The lowest BCUT2D eigenvalue weighted by molar-refractivity contribution is 0.126. The zero-order valence-corrected chi connectivity index (χ0v) is 15.6. The standard InChI is InChI=1S/C16H18INO4S/c1-21-16-8-7-14(11-15(16)17)23(19,20)18-9-10-22-12-13-5-3-2-4-6-13/h2-8,11,18H,9-10,12H2,1H3. The highest BCUT2D eigenvalue weighted by Crippen LogP contribution is 2.23. The third kappa shape index (κ3) is 5.45. The van der Waals surface area contributed by atoms with Crippen molar-refractivity contribution in [2.75, 3.05) is 20.3 Å². The average Bonchev–Trinajstić information content (AvgIpc) is 2.55. The first-order valence-electron chi connectivity index (χ1n) is 6.98. The second-order valence-electron chi connectivity index (χ2n) is 4.73. The minimum atomic E-state index is -3.54. The fraction of sp³-hybridized carbons (Fsp3) is 0.250. The molecule has 2 rings (SSSR count). The number of methoxy groups -OCH3 is 1. The van der Waals surface area contributed by atoms with Crippen LogP contribution in [0.3, 0.4) is 0 Å². The van der Waals surface area contributed by atoms with Crippen molar-refractivity contribution in [1.82, 2.24) is 4.72 Å². The molecule has 0 heterocycles. The Morgan fingerprint density at radius 3 is 2.52 bits per heavy atom. The van der Waals surface area contributed by atoms with E-state index in [4.69, 9.17) is 9.47 Å². The van der Waals surface area contributed by atoms with Gasteiger partial charge >= 0.3 is 0 Å². The van der Waals surface area contributed by atoms with Gasteiger partial charge in [-0.15, -0.1) is 0 Å². The Morgan fingerprint density at radius 1 is 1.13 bits per heavy atom. The molecule has 124 valence electrons. The van der Waals surface area contributed by atoms with Crippen molar-refractivity contribution in [2.45, 2.75) is 11.5 Å². The van der Waals surface area contributed by atoms with Gasteiger partial charge in [-0.3, -0.25) is 0 Å². The molecule has 0 aromatic heterocycles. The molecule has 0 fully saturated rings. The van der Waals surface area contributed by atoms with Crippen LogP contribution in [0.15, 0.2) is 53.4 Å². The number of rotatable bonds is 8. The first kappa shape index (κ1) is 18.2. The van der Waals surface area contributed by atoms with Gasteiger partial charge in [0, 0.05) is 6.54 Å². The topological polar surface area (TPSA) is 64.6 Å². The van der Waals surface area contributed by atoms with Crippen molar-refractivity contribution < 1.29 is 17.9 Å². The Hall–Kier alpha value is -1.16. The van der Waals surface area contributed by atoms with Crippen LogP contribution in [0, 0.1) is 3.57 Å². The minimum Gasteiger partial charge on any atom is -0.496 e. The second kappa shape index (κ2) is 8.62. The normalized spacial score (nSPS) is 11.4. The molecule has 0 radical (unpaired) electrons. The summed E-state index contributed by atoms with van der Waals surface area (Å²) < 4.78 is 38.3. The quantitative estimate of drug-likeness (QED) is 0.500. The van der Waals surface area contributed by atoms with Gasteiger partial charge in [0.2, 0.25) is 10.0 Å². The van der Waals surface area contributed by atoms with Crippen molar-refractivity contribution >= 4 is 32.6 Å². The summed E-state index contributed by atoms with van der Waals surface area (Å²) in [7, 11) is -1.99. The Bertz CT molecular complexity index is 735. The van der Waals surface area contributed by atoms with E-state index in [1.165, 1.54) is 6.07 Å². The van der Waals surface area contributed by atoms with Crippen LogP contribution < -0.4 is 9.46 Å². The van der Waals surface area contributed by atoms with Crippen molar-refractivity contribution in [3.8, 4) is 5.75 Å². The SMILES string of the molecule is COc1ccc(S(=O)(=O)NCCOCc2ccccc2)cc1I. The number of benzene rings is 2. The largest absolute Gasteiger partial charge is 0.496 e. The summed E-state index contributed by atoms with van der Waals surface area (Å²) in [5, 5.41) is 0. The molecule has 0 aliphatic carbocycles. The maximum Gasteiger partial charge on any atom is 0.240 e. The molecule has 0 bridgehead atoms. The summed E-state index contributed by atoms with van der Waals surface area (Å²) in [6, 6.07) is 14.5. The Morgan fingerprint density at radius 2 is 1.87 bits per heavy atom. The van der Waals surface area contributed by atoms with E-state index in [2.05, 4.69) is 4.72 Å². The first-order chi connectivity index (χ1) is 11.0. The number of sulfonamides is 1. The molecule has 0 spiro atoms. The molecule has 0 unspecified atom stereocenters. The zero-order chi connectivity index (χ0) is 16.7. The summed E-state index contributed by atoms with van der Waals surface area (Å²) in [5.74, 6) is 0.649. The molecule has 0 saturated carbocycles. The molecule has 0 saturated heterocycles. The lowest BCUT2D eigenvalue weighted by atomic mass is 10.2. The summed E-state index contributed by atoms with van der Waals surface area (Å²) in [5.41, 5.74) is 1.06. The number of ether oxygens (including phenoxy) is 2. The molecule has 0 amide bonds. The van der Waals surface area contributed by atoms with Crippen LogP contribution in [0.1, 0.15) is 5.56 Å². The molecule has 0 aliphatic heterocycles. The molecule has 5 nitrogen and oxygen atoms in total. The monoisotopic (exact) mass is 447 g/mol. The van der Waals surface area contributed by atoms with Gasteiger partial charge in [0.1, 0.15) is 5.75 Å². The smallest absolute Gasteiger partial charge is 0.240 e. The second-order valence-corrected chi connectivity index (χ2v) is 7.66. The fourth-order valence-electron chi connectivity index (χ4n) is 1.91. The van der Waals surface area contributed by atoms with E-state index in [9.17, 15) is 8.42 Å². The third-order valence-corrected chi connectivity index (χ3v) is 5.39. The van der Waals surface area contributed by atoms with Gasteiger partial charge in [-0.25, -0.2) is 13.1 Å². The van der Waals surface area contributed by atoms with Gasteiger partial charge in [0.25, 0.3) is 0 Å². The molecule has 7 heteroatoms. The van der Waals surface area contributed by atoms with Crippen LogP contribution in [0.2, 0.25) is 0 Å². The highest BCUT2D eigenvalue weighted by atomic mass is 127. The molecule has 2 aromatic carbocycles. The van der Waals surface area contributed by atoms with Gasteiger partial charge in [-0.2, -0.15) is 0 Å². The van der Waals surface area contributed by atoms with Crippen LogP contribution in [0.5, 0.6) is 5.75 Å². The van der Waals surface area contributed by atoms with Crippen LogP contribution >= 0.6 is 22.6 Å². The van der Waals surface area contributed by atoms with Crippen LogP contribution in [-0.2, 0) is 21.4 Å². The number of halogens is 1. The van der Waals surface area contributed by atoms with Crippen molar-refractivity contribution in [3.05, 3.63) is 57.7 Å². The van der Waals surface area contributed by atoms with Gasteiger partial charge in [0.05, 0.1) is 28.8 Å². The Labute approximate surface area is 150 Å². The van der Waals surface area contributed by atoms with Crippen LogP contribution in [0.25, 0.3) is 0 Å². The Balaban J connectivity index is 1.83.